The normalized spacial score (nSPS) is 16.9. The van der Waals surface area contributed by atoms with E-state index in [9.17, 15) is 9.59 Å². The van der Waals surface area contributed by atoms with Crippen molar-refractivity contribution in [2.45, 2.75) is 19.8 Å². The molecule has 0 atom stereocenters. The molecule has 1 aliphatic rings. The van der Waals surface area contributed by atoms with Gasteiger partial charge in [-0.1, -0.05) is 25.1 Å². The van der Waals surface area contributed by atoms with Gasteiger partial charge in [-0.05, 0) is 25.0 Å². The van der Waals surface area contributed by atoms with Crippen molar-refractivity contribution in [3.05, 3.63) is 35.9 Å². The minimum Gasteiger partial charge on any atom is -0.292 e. The highest BCUT2D eigenvalue weighted by molar-refractivity contribution is 6.06. The van der Waals surface area contributed by atoms with Crippen LogP contribution in [-0.4, -0.2) is 11.8 Å². The molecule has 0 radical (unpaired) electrons. The number of nitrogens with one attached hydrogen (secondary N) is 1. The van der Waals surface area contributed by atoms with Gasteiger partial charge in [0.05, 0.1) is 0 Å². The standard InChI is InChI=1S/C12H13NO2/c1-12(7-8-12)11(15)13-10(14)9-5-3-2-4-6-9/h2-6H,7-8H2,1H3,(H,13,14,15). The van der Waals surface area contributed by atoms with Crippen molar-refractivity contribution >= 4 is 11.8 Å². The van der Waals surface area contributed by atoms with Crippen molar-refractivity contribution in [1.29, 1.82) is 0 Å². The van der Waals surface area contributed by atoms with Gasteiger partial charge in [0, 0.05) is 11.0 Å². The van der Waals surface area contributed by atoms with E-state index < -0.39 is 0 Å². The molecule has 0 saturated heterocycles. The van der Waals surface area contributed by atoms with Gasteiger partial charge in [0.25, 0.3) is 5.91 Å². The molecule has 2 amide bonds. The zero-order valence-electron chi connectivity index (χ0n) is 8.62. The summed E-state index contributed by atoms with van der Waals surface area (Å²) in [6.07, 6.45) is 1.75. The highest BCUT2D eigenvalue weighted by atomic mass is 16.2. The quantitative estimate of drug-likeness (QED) is 0.744. The molecule has 0 aromatic heterocycles. The molecule has 0 unspecified atom stereocenters. The lowest BCUT2D eigenvalue weighted by Crippen LogP contribution is -2.35. The van der Waals surface area contributed by atoms with E-state index in [0.717, 1.165) is 12.8 Å². The van der Waals surface area contributed by atoms with Gasteiger partial charge in [0.15, 0.2) is 0 Å². The van der Waals surface area contributed by atoms with Crippen molar-refractivity contribution in [3.63, 3.8) is 0 Å². The lowest BCUT2D eigenvalue weighted by atomic mass is 10.1. The summed E-state index contributed by atoms with van der Waals surface area (Å²) in [5, 5.41) is 2.42. The Balaban J connectivity index is 2.02. The summed E-state index contributed by atoms with van der Waals surface area (Å²) in [4.78, 5) is 23.2. The Morgan fingerprint density at radius 2 is 1.80 bits per heavy atom. The van der Waals surface area contributed by atoms with Gasteiger partial charge in [-0.3, -0.25) is 14.9 Å². The second kappa shape index (κ2) is 3.50. The summed E-state index contributed by atoms with van der Waals surface area (Å²) >= 11 is 0. The number of amides is 2. The zero-order valence-corrected chi connectivity index (χ0v) is 8.62. The Labute approximate surface area is 88.5 Å². The molecular formula is C12H13NO2. The maximum absolute atomic E-state index is 11.6. The number of imide groups is 1. The summed E-state index contributed by atoms with van der Waals surface area (Å²) in [7, 11) is 0. The molecule has 3 heteroatoms. The molecule has 1 N–H and O–H groups in total. The Bertz CT molecular complexity index is 393. The van der Waals surface area contributed by atoms with Gasteiger partial charge < -0.3 is 0 Å². The van der Waals surface area contributed by atoms with Crippen LogP contribution in [0.15, 0.2) is 30.3 Å². The van der Waals surface area contributed by atoms with Crippen LogP contribution in [0, 0.1) is 5.41 Å². The van der Waals surface area contributed by atoms with Crippen LogP contribution in [0.3, 0.4) is 0 Å². The molecule has 0 heterocycles. The van der Waals surface area contributed by atoms with Crippen molar-refractivity contribution in [2.75, 3.05) is 0 Å². The average Bonchev–Trinajstić information content (AvgIpc) is 2.99. The highest BCUT2D eigenvalue weighted by Crippen LogP contribution is 2.44. The zero-order chi connectivity index (χ0) is 10.9. The molecule has 15 heavy (non-hydrogen) atoms. The molecule has 0 spiro atoms. The highest BCUT2D eigenvalue weighted by Gasteiger charge is 2.45. The Hall–Kier alpha value is -1.64. The first-order valence-corrected chi connectivity index (χ1v) is 5.03. The van der Waals surface area contributed by atoms with Gasteiger partial charge in [-0.2, -0.15) is 0 Å². The van der Waals surface area contributed by atoms with Gasteiger partial charge >= 0.3 is 0 Å². The van der Waals surface area contributed by atoms with E-state index >= 15 is 0 Å². The number of carbonyl (C=O) groups excluding carboxylic acids is 2. The molecule has 78 valence electrons. The first kappa shape index (κ1) is 9.90. The van der Waals surface area contributed by atoms with Crippen LogP contribution in [0.2, 0.25) is 0 Å². The molecular weight excluding hydrogens is 190 g/mol. The van der Waals surface area contributed by atoms with Gasteiger partial charge in [0.1, 0.15) is 0 Å². The molecule has 1 saturated carbocycles. The fraction of sp³-hybridized carbons (Fsp3) is 0.333. The SMILES string of the molecule is CC1(C(=O)NC(=O)c2ccccc2)CC1. The van der Waals surface area contributed by atoms with Crippen molar-refractivity contribution < 1.29 is 9.59 Å². The van der Waals surface area contributed by atoms with Crippen LogP contribution >= 0.6 is 0 Å². The molecule has 3 nitrogen and oxygen atoms in total. The van der Waals surface area contributed by atoms with Crippen LogP contribution in [0.4, 0.5) is 0 Å². The van der Waals surface area contributed by atoms with Crippen LogP contribution in [0.1, 0.15) is 30.1 Å². The summed E-state index contributed by atoms with van der Waals surface area (Å²) in [5.74, 6) is -0.468. The van der Waals surface area contributed by atoms with E-state index in [0.29, 0.717) is 5.56 Å². The van der Waals surface area contributed by atoms with Crippen LogP contribution in [0.25, 0.3) is 0 Å². The third kappa shape index (κ3) is 2.06. The lowest BCUT2D eigenvalue weighted by molar-refractivity contribution is -0.124. The van der Waals surface area contributed by atoms with Crippen LogP contribution < -0.4 is 5.32 Å². The number of rotatable bonds is 2. The fourth-order valence-corrected chi connectivity index (χ4v) is 1.33. The first-order valence-electron chi connectivity index (χ1n) is 5.03. The van der Waals surface area contributed by atoms with E-state index in [1.54, 1.807) is 24.3 Å². The minimum absolute atomic E-state index is 0.156. The summed E-state index contributed by atoms with van der Waals surface area (Å²) < 4.78 is 0. The molecule has 0 bridgehead atoms. The number of hydrogen-bond acceptors (Lipinski definition) is 2. The number of carbonyl (C=O) groups is 2. The maximum Gasteiger partial charge on any atom is 0.257 e. The molecule has 1 aliphatic carbocycles. The predicted molar refractivity (Wildman–Crippen MR) is 56.3 cm³/mol. The molecule has 1 aromatic carbocycles. The molecule has 2 rings (SSSR count). The second-order valence-corrected chi connectivity index (χ2v) is 4.21. The molecule has 0 aliphatic heterocycles. The van der Waals surface area contributed by atoms with E-state index in [1.165, 1.54) is 0 Å². The number of hydrogen-bond donors (Lipinski definition) is 1. The third-order valence-corrected chi connectivity index (χ3v) is 2.81. The summed E-state index contributed by atoms with van der Waals surface area (Å²) in [6, 6.07) is 8.77. The maximum atomic E-state index is 11.6. The molecule has 1 aromatic rings. The van der Waals surface area contributed by atoms with E-state index in [4.69, 9.17) is 0 Å². The van der Waals surface area contributed by atoms with Crippen molar-refractivity contribution in [3.8, 4) is 0 Å². The van der Waals surface area contributed by atoms with Gasteiger partial charge in [-0.25, -0.2) is 0 Å². The van der Waals surface area contributed by atoms with Gasteiger partial charge in [0.2, 0.25) is 5.91 Å². The van der Waals surface area contributed by atoms with Crippen LogP contribution in [-0.2, 0) is 4.79 Å². The van der Waals surface area contributed by atoms with E-state index in [1.807, 2.05) is 13.0 Å². The Kier molecular flexibility index (Phi) is 2.31. The van der Waals surface area contributed by atoms with Crippen molar-refractivity contribution in [1.82, 2.24) is 5.32 Å². The number of benzene rings is 1. The lowest BCUT2D eigenvalue weighted by Gasteiger charge is -2.08. The van der Waals surface area contributed by atoms with Crippen molar-refractivity contribution in [2.24, 2.45) is 5.41 Å². The fourth-order valence-electron chi connectivity index (χ4n) is 1.33. The minimum atomic E-state index is -0.311. The Morgan fingerprint density at radius 1 is 1.20 bits per heavy atom. The average molecular weight is 203 g/mol. The molecule has 1 fully saturated rings. The van der Waals surface area contributed by atoms with E-state index in [-0.39, 0.29) is 17.2 Å². The van der Waals surface area contributed by atoms with E-state index in [2.05, 4.69) is 5.32 Å². The monoisotopic (exact) mass is 203 g/mol. The topological polar surface area (TPSA) is 46.2 Å². The Morgan fingerprint density at radius 3 is 2.33 bits per heavy atom. The van der Waals surface area contributed by atoms with Crippen LogP contribution in [0.5, 0.6) is 0 Å². The third-order valence-electron chi connectivity index (χ3n) is 2.81. The first-order chi connectivity index (χ1) is 7.12. The predicted octanol–water partition coefficient (Wildman–Crippen LogP) is 1.74. The largest absolute Gasteiger partial charge is 0.292 e. The second-order valence-electron chi connectivity index (χ2n) is 4.21. The summed E-state index contributed by atoms with van der Waals surface area (Å²) in [6.45, 7) is 1.88. The smallest absolute Gasteiger partial charge is 0.257 e. The van der Waals surface area contributed by atoms with Gasteiger partial charge in [-0.15, -0.1) is 0 Å². The summed E-state index contributed by atoms with van der Waals surface area (Å²) in [5.41, 5.74) is 0.222.